The lowest BCUT2D eigenvalue weighted by molar-refractivity contribution is -0.148. The van der Waals surface area contributed by atoms with Crippen molar-refractivity contribution in [2.45, 2.75) is 38.1 Å². The molecule has 0 spiro atoms. The lowest BCUT2D eigenvalue weighted by Crippen LogP contribution is -2.53. The summed E-state index contributed by atoms with van der Waals surface area (Å²) in [6.45, 7) is 2.42. The van der Waals surface area contributed by atoms with E-state index in [9.17, 15) is 14.7 Å². The summed E-state index contributed by atoms with van der Waals surface area (Å²) in [5.74, 6) is -1.15. The van der Waals surface area contributed by atoms with E-state index >= 15 is 0 Å². The molecule has 1 fully saturated rings. The molecule has 1 aromatic heterocycles. The lowest BCUT2D eigenvalue weighted by Gasteiger charge is -2.34. The summed E-state index contributed by atoms with van der Waals surface area (Å²) in [6, 6.07) is 1.61. The molecule has 1 aliphatic rings. The topological polar surface area (TPSA) is 70.5 Å². The average Bonchev–Trinajstić information content (AvgIpc) is 2.84. The minimum absolute atomic E-state index is 0.243. The first kappa shape index (κ1) is 15.0. The Labute approximate surface area is 126 Å². The molecule has 1 N–H and O–H groups in total. The number of nitrogens with zero attached hydrogens (tertiary/aromatic N) is 2. The molecule has 0 saturated carbocycles. The number of aliphatic carboxylic acids is 1. The van der Waals surface area contributed by atoms with E-state index in [0.717, 1.165) is 12.8 Å². The molecule has 2 rings (SSSR count). The molecule has 0 aromatic carbocycles. The molecule has 5 nitrogen and oxygen atoms in total. The van der Waals surface area contributed by atoms with Crippen molar-refractivity contribution in [1.82, 2.24) is 9.88 Å². The number of amides is 1. The van der Waals surface area contributed by atoms with Crippen LogP contribution >= 0.6 is 15.9 Å². The highest BCUT2D eigenvalue weighted by Gasteiger charge is 2.49. The number of rotatable bonds is 4. The SMILES string of the molecule is CCC[C@]1(C(=O)O)CCCN1C(=O)c1ccncc1Br. The zero-order valence-electron chi connectivity index (χ0n) is 11.3. The van der Waals surface area contributed by atoms with Gasteiger partial charge in [-0.25, -0.2) is 4.79 Å². The van der Waals surface area contributed by atoms with Crippen molar-refractivity contribution in [3.8, 4) is 0 Å². The third-order valence-corrected chi connectivity index (χ3v) is 4.43. The first-order valence-corrected chi connectivity index (χ1v) is 7.47. The van der Waals surface area contributed by atoms with Crippen molar-refractivity contribution < 1.29 is 14.7 Å². The van der Waals surface area contributed by atoms with Gasteiger partial charge in [-0.1, -0.05) is 13.3 Å². The predicted molar refractivity (Wildman–Crippen MR) is 77.5 cm³/mol. The standard InChI is InChI=1S/C14H17BrN2O3/c1-2-5-14(13(19)20)6-3-8-17(14)12(18)10-4-7-16-9-11(10)15/h4,7,9H,2-3,5-6,8H2,1H3,(H,19,20)/t14-/m1/s1. The maximum Gasteiger partial charge on any atom is 0.329 e. The van der Waals surface area contributed by atoms with Crippen LogP contribution in [0.5, 0.6) is 0 Å². The molecule has 6 heteroatoms. The van der Waals surface area contributed by atoms with E-state index in [1.54, 1.807) is 12.3 Å². The van der Waals surface area contributed by atoms with Gasteiger partial charge < -0.3 is 10.0 Å². The molecule has 0 aliphatic carbocycles. The first-order valence-electron chi connectivity index (χ1n) is 6.68. The number of hydrogen-bond donors (Lipinski definition) is 1. The minimum atomic E-state index is -1.06. The lowest BCUT2D eigenvalue weighted by atomic mass is 9.90. The second kappa shape index (κ2) is 5.91. The maximum absolute atomic E-state index is 12.7. The number of hydrogen-bond acceptors (Lipinski definition) is 3. The summed E-state index contributed by atoms with van der Waals surface area (Å²) in [5.41, 5.74) is -0.599. The monoisotopic (exact) mass is 340 g/mol. The highest BCUT2D eigenvalue weighted by atomic mass is 79.9. The number of carboxylic acid groups (broad SMARTS) is 1. The Balaban J connectivity index is 2.38. The third-order valence-electron chi connectivity index (χ3n) is 3.80. The fraction of sp³-hybridized carbons (Fsp3) is 0.500. The summed E-state index contributed by atoms with van der Waals surface area (Å²) >= 11 is 3.30. The van der Waals surface area contributed by atoms with Crippen LogP contribution in [0.15, 0.2) is 22.9 Å². The molecular weight excluding hydrogens is 324 g/mol. The van der Waals surface area contributed by atoms with Crippen molar-refractivity contribution >= 4 is 27.8 Å². The third kappa shape index (κ3) is 2.44. The van der Waals surface area contributed by atoms with E-state index in [1.165, 1.54) is 11.1 Å². The fourth-order valence-electron chi connectivity index (χ4n) is 2.87. The van der Waals surface area contributed by atoms with Gasteiger partial charge in [-0.2, -0.15) is 0 Å². The Morgan fingerprint density at radius 3 is 2.90 bits per heavy atom. The quantitative estimate of drug-likeness (QED) is 0.914. The fourth-order valence-corrected chi connectivity index (χ4v) is 3.29. The van der Waals surface area contributed by atoms with Crippen LogP contribution in [0.4, 0.5) is 0 Å². The summed E-state index contributed by atoms with van der Waals surface area (Å²) < 4.78 is 0.590. The van der Waals surface area contributed by atoms with Gasteiger partial charge in [-0.15, -0.1) is 0 Å². The van der Waals surface area contributed by atoms with Gasteiger partial charge >= 0.3 is 5.97 Å². The van der Waals surface area contributed by atoms with Gasteiger partial charge in [-0.3, -0.25) is 9.78 Å². The van der Waals surface area contributed by atoms with E-state index in [0.29, 0.717) is 29.4 Å². The highest BCUT2D eigenvalue weighted by molar-refractivity contribution is 9.10. The Bertz CT molecular complexity index is 535. The van der Waals surface area contributed by atoms with Crippen molar-refractivity contribution in [2.24, 2.45) is 0 Å². The zero-order valence-corrected chi connectivity index (χ0v) is 12.9. The molecule has 1 aromatic rings. The van der Waals surface area contributed by atoms with Crippen molar-refractivity contribution in [3.63, 3.8) is 0 Å². The Kier molecular flexibility index (Phi) is 4.42. The summed E-state index contributed by atoms with van der Waals surface area (Å²) in [4.78, 5) is 29.8. The number of halogens is 1. The molecule has 1 aliphatic heterocycles. The number of carbonyl (C=O) groups is 2. The van der Waals surface area contributed by atoms with Gasteiger partial charge in [0.2, 0.25) is 0 Å². The molecule has 20 heavy (non-hydrogen) atoms. The van der Waals surface area contributed by atoms with Crippen LogP contribution in [0.1, 0.15) is 43.0 Å². The molecule has 0 bridgehead atoms. The van der Waals surface area contributed by atoms with Crippen molar-refractivity contribution in [1.29, 1.82) is 0 Å². The molecule has 1 atom stereocenters. The van der Waals surface area contributed by atoms with Crippen molar-refractivity contribution in [3.05, 3.63) is 28.5 Å². The number of aromatic nitrogens is 1. The average molecular weight is 341 g/mol. The molecule has 0 radical (unpaired) electrons. The van der Waals surface area contributed by atoms with E-state index in [4.69, 9.17) is 0 Å². The molecule has 1 saturated heterocycles. The zero-order chi connectivity index (χ0) is 14.8. The molecular formula is C14H17BrN2O3. The Morgan fingerprint density at radius 1 is 1.55 bits per heavy atom. The number of pyridine rings is 1. The number of carbonyl (C=O) groups excluding carboxylic acids is 1. The summed E-state index contributed by atoms with van der Waals surface area (Å²) in [5, 5.41) is 9.61. The molecule has 1 amide bonds. The number of likely N-dealkylation sites (tertiary alicyclic amines) is 1. The minimum Gasteiger partial charge on any atom is -0.479 e. The van der Waals surface area contributed by atoms with Crippen LogP contribution < -0.4 is 0 Å². The van der Waals surface area contributed by atoms with Crippen LogP contribution in [-0.2, 0) is 4.79 Å². The smallest absolute Gasteiger partial charge is 0.329 e. The van der Waals surface area contributed by atoms with E-state index in [1.807, 2.05) is 6.92 Å². The van der Waals surface area contributed by atoms with E-state index < -0.39 is 11.5 Å². The van der Waals surface area contributed by atoms with Gasteiger partial charge in [0, 0.05) is 23.4 Å². The normalized spacial score (nSPS) is 22.0. The van der Waals surface area contributed by atoms with Crippen LogP contribution in [0, 0.1) is 0 Å². The van der Waals surface area contributed by atoms with Gasteiger partial charge in [0.05, 0.1) is 5.56 Å². The van der Waals surface area contributed by atoms with Crippen LogP contribution in [0.2, 0.25) is 0 Å². The Hall–Kier alpha value is -1.43. The molecule has 108 valence electrons. The second-order valence-electron chi connectivity index (χ2n) is 5.00. The van der Waals surface area contributed by atoms with E-state index in [-0.39, 0.29) is 5.91 Å². The highest BCUT2D eigenvalue weighted by Crippen LogP contribution is 2.36. The van der Waals surface area contributed by atoms with Crippen molar-refractivity contribution in [2.75, 3.05) is 6.54 Å². The number of carboxylic acids is 1. The molecule has 0 unspecified atom stereocenters. The van der Waals surface area contributed by atoms with Gasteiger partial charge in [-0.05, 0) is 41.3 Å². The van der Waals surface area contributed by atoms with Crippen LogP contribution in [0.3, 0.4) is 0 Å². The second-order valence-corrected chi connectivity index (χ2v) is 5.86. The van der Waals surface area contributed by atoms with Crippen LogP contribution in [-0.4, -0.2) is 39.0 Å². The van der Waals surface area contributed by atoms with E-state index in [2.05, 4.69) is 20.9 Å². The molecule has 2 heterocycles. The van der Waals surface area contributed by atoms with Crippen LogP contribution in [0.25, 0.3) is 0 Å². The van der Waals surface area contributed by atoms with Gasteiger partial charge in [0.25, 0.3) is 5.91 Å². The maximum atomic E-state index is 12.7. The first-order chi connectivity index (χ1) is 9.53. The van der Waals surface area contributed by atoms with Gasteiger partial charge in [0.1, 0.15) is 5.54 Å². The largest absolute Gasteiger partial charge is 0.479 e. The Morgan fingerprint density at radius 2 is 2.30 bits per heavy atom. The summed E-state index contributed by atoms with van der Waals surface area (Å²) in [7, 11) is 0. The summed E-state index contributed by atoms with van der Waals surface area (Å²) in [6.07, 6.45) is 5.54. The van der Waals surface area contributed by atoms with Gasteiger partial charge in [0.15, 0.2) is 0 Å². The predicted octanol–water partition coefficient (Wildman–Crippen LogP) is 2.70.